The number of carbonyl (C=O) groups is 1. The standard InChI is InChI=1S/C17H22FN5O4S2/c1-17(2,3)27-16(24)23-9-7-22(8-10-23)15-19-14(20-28-15)21-29(25,26)13-6-4-5-12(18)11-13/h4-6,11H,7-10H2,1-3H3,(H,20,21). The highest BCUT2D eigenvalue weighted by atomic mass is 32.2. The molecule has 3 rings (SSSR count). The number of sulfonamides is 1. The second-order valence-electron chi connectivity index (χ2n) is 7.42. The molecule has 1 aromatic carbocycles. The van der Waals surface area contributed by atoms with Crippen LogP contribution in [0.15, 0.2) is 29.2 Å². The van der Waals surface area contributed by atoms with Gasteiger partial charge in [0.25, 0.3) is 16.0 Å². The number of carbonyl (C=O) groups excluding carboxylic acids is 1. The summed E-state index contributed by atoms with van der Waals surface area (Å²) in [5.41, 5.74) is -0.554. The van der Waals surface area contributed by atoms with Crippen molar-refractivity contribution < 1.29 is 22.3 Å². The molecular formula is C17H22FN5O4S2. The van der Waals surface area contributed by atoms with Crippen molar-refractivity contribution in [1.29, 1.82) is 0 Å². The van der Waals surface area contributed by atoms with Gasteiger partial charge in [0.2, 0.25) is 5.13 Å². The molecule has 0 spiro atoms. The maximum atomic E-state index is 13.3. The summed E-state index contributed by atoms with van der Waals surface area (Å²) in [6.07, 6.45) is -0.363. The number of piperazine rings is 1. The van der Waals surface area contributed by atoms with Gasteiger partial charge in [-0.05, 0) is 39.0 Å². The lowest BCUT2D eigenvalue weighted by atomic mass is 10.2. The van der Waals surface area contributed by atoms with Crippen LogP contribution in [-0.4, -0.2) is 60.5 Å². The Balaban J connectivity index is 1.60. The number of hydrogen-bond acceptors (Lipinski definition) is 8. The highest BCUT2D eigenvalue weighted by Crippen LogP contribution is 2.23. The van der Waals surface area contributed by atoms with Crippen molar-refractivity contribution in [3.05, 3.63) is 30.1 Å². The number of nitrogens with zero attached hydrogens (tertiary/aromatic N) is 4. The quantitative estimate of drug-likeness (QED) is 0.774. The Morgan fingerprint density at radius 1 is 1.24 bits per heavy atom. The van der Waals surface area contributed by atoms with Crippen LogP contribution >= 0.6 is 11.5 Å². The minimum atomic E-state index is -3.99. The van der Waals surface area contributed by atoms with Crippen LogP contribution in [0.1, 0.15) is 20.8 Å². The average molecular weight is 444 g/mol. The Labute approximate surface area is 172 Å². The van der Waals surface area contributed by atoms with Gasteiger partial charge in [-0.15, -0.1) is 0 Å². The van der Waals surface area contributed by atoms with Crippen LogP contribution in [0.25, 0.3) is 0 Å². The van der Waals surface area contributed by atoms with E-state index in [2.05, 4.69) is 14.1 Å². The Kier molecular flexibility index (Phi) is 5.94. The first-order valence-corrected chi connectivity index (χ1v) is 11.1. The Hall–Kier alpha value is -2.47. The van der Waals surface area contributed by atoms with Gasteiger partial charge in [0.05, 0.1) is 4.90 Å². The summed E-state index contributed by atoms with van der Waals surface area (Å²) in [7, 11) is -3.99. The molecule has 1 amide bonds. The van der Waals surface area contributed by atoms with Crippen molar-refractivity contribution >= 4 is 38.7 Å². The molecule has 1 aliphatic rings. The monoisotopic (exact) mass is 443 g/mol. The van der Waals surface area contributed by atoms with Crippen LogP contribution in [0, 0.1) is 5.82 Å². The predicted octanol–water partition coefficient (Wildman–Crippen LogP) is 2.54. The summed E-state index contributed by atoms with van der Waals surface area (Å²) in [6, 6.07) is 4.68. The van der Waals surface area contributed by atoms with Crippen LogP contribution in [-0.2, 0) is 14.8 Å². The summed E-state index contributed by atoms with van der Waals surface area (Å²) in [4.78, 5) is 19.7. The average Bonchev–Trinajstić information content (AvgIpc) is 3.08. The molecule has 0 aliphatic carbocycles. The molecular weight excluding hydrogens is 421 g/mol. The van der Waals surface area contributed by atoms with Crippen molar-refractivity contribution in [2.75, 3.05) is 35.8 Å². The highest BCUT2D eigenvalue weighted by molar-refractivity contribution is 7.92. The Morgan fingerprint density at radius 3 is 2.55 bits per heavy atom. The van der Waals surface area contributed by atoms with E-state index in [1.807, 2.05) is 25.7 Å². The number of aromatic nitrogens is 2. The van der Waals surface area contributed by atoms with E-state index in [0.717, 1.165) is 23.7 Å². The zero-order chi connectivity index (χ0) is 21.2. The minimum Gasteiger partial charge on any atom is -0.444 e. The van der Waals surface area contributed by atoms with Crippen LogP contribution in [0.2, 0.25) is 0 Å². The van der Waals surface area contributed by atoms with Crippen LogP contribution in [0.4, 0.5) is 20.3 Å². The third-order valence-corrected chi connectivity index (χ3v) is 6.05. The third kappa shape index (κ3) is 5.54. The number of hydrogen-bond donors (Lipinski definition) is 1. The highest BCUT2D eigenvalue weighted by Gasteiger charge is 2.27. The number of benzene rings is 1. The van der Waals surface area contributed by atoms with Crippen molar-refractivity contribution in [1.82, 2.24) is 14.3 Å². The number of ether oxygens (including phenoxy) is 1. The normalized spacial score (nSPS) is 15.3. The van der Waals surface area contributed by atoms with Gasteiger partial charge in [-0.25, -0.2) is 22.3 Å². The molecule has 2 heterocycles. The van der Waals surface area contributed by atoms with E-state index >= 15 is 0 Å². The molecule has 158 valence electrons. The van der Waals surface area contributed by atoms with E-state index in [4.69, 9.17) is 4.74 Å². The van der Waals surface area contributed by atoms with Crippen LogP contribution < -0.4 is 9.62 Å². The maximum Gasteiger partial charge on any atom is 0.410 e. The number of amides is 1. The number of rotatable bonds is 4. The minimum absolute atomic E-state index is 0.0798. The van der Waals surface area contributed by atoms with Gasteiger partial charge in [-0.2, -0.15) is 9.36 Å². The largest absolute Gasteiger partial charge is 0.444 e. The van der Waals surface area contributed by atoms with E-state index in [1.54, 1.807) is 4.90 Å². The van der Waals surface area contributed by atoms with Crippen molar-refractivity contribution in [3.8, 4) is 0 Å². The molecule has 12 heteroatoms. The summed E-state index contributed by atoms with van der Waals surface area (Å²) >= 11 is 1.04. The maximum absolute atomic E-state index is 13.3. The fourth-order valence-corrected chi connectivity index (χ4v) is 4.32. The lowest BCUT2D eigenvalue weighted by Gasteiger charge is -2.35. The Bertz CT molecular complexity index is 982. The van der Waals surface area contributed by atoms with E-state index in [0.29, 0.717) is 31.3 Å². The molecule has 0 atom stereocenters. The predicted molar refractivity (Wildman–Crippen MR) is 107 cm³/mol. The molecule has 29 heavy (non-hydrogen) atoms. The van der Waals surface area contributed by atoms with Crippen molar-refractivity contribution in [3.63, 3.8) is 0 Å². The van der Waals surface area contributed by atoms with Crippen LogP contribution in [0.3, 0.4) is 0 Å². The molecule has 2 aromatic rings. The molecule has 0 unspecified atom stereocenters. The van der Waals surface area contributed by atoms with E-state index < -0.39 is 21.4 Å². The summed E-state index contributed by atoms with van der Waals surface area (Å²) in [6.45, 7) is 7.39. The molecule has 0 bridgehead atoms. The second kappa shape index (κ2) is 8.11. The van der Waals surface area contributed by atoms with Gasteiger partial charge in [0.15, 0.2) is 0 Å². The lowest BCUT2D eigenvalue weighted by molar-refractivity contribution is 0.0240. The lowest BCUT2D eigenvalue weighted by Crippen LogP contribution is -2.50. The van der Waals surface area contributed by atoms with Crippen molar-refractivity contribution in [2.45, 2.75) is 31.3 Å². The summed E-state index contributed by atoms with van der Waals surface area (Å²) in [5.74, 6) is -0.730. The fraction of sp³-hybridized carbons (Fsp3) is 0.471. The smallest absolute Gasteiger partial charge is 0.410 e. The number of halogens is 1. The first-order valence-electron chi connectivity index (χ1n) is 8.88. The Morgan fingerprint density at radius 2 is 1.93 bits per heavy atom. The summed E-state index contributed by atoms with van der Waals surface area (Å²) in [5, 5.41) is 0.533. The van der Waals surface area contributed by atoms with Gasteiger partial charge in [-0.3, -0.25) is 0 Å². The van der Waals surface area contributed by atoms with E-state index in [9.17, 15) is 17.6 Å². The molecule has 1 saturated heterocycles. The summed E-state index contributed by atoms with van der Waals surface area (Å²) < 4.78 is 49.6. The molecule has 9 nitrogen and oxygen atoms in total. The van der Waals surface area contributed by atoms with Gasteiger partial charge < -0.3 is 14.5 Å². The molecule has 0 radical (unpaired) electrons. The van der Waals surface area contributed by atoms with Gasteiger partial charge in [-0.1, -0.05) is 6.07 Å². The molecule has 1 N–H and O–H groups in total. The fourth-order valence-electron chi connectivity index (χ4n) is 2.61. The zero-order valence-electron chi connectivity index (χ0n) is 16.3. The van der Waals surface area contributed by atoms with Crippen molar-refractivity contribution in [2.24, 2.45) is 0 Å². The SMILES string of the molecule is CC(C)(C)OC(=O)N1CCN(c2nc(NS(=O)(=O)c3cccc(F)c3)ns2)CC1. The number of nitrogens with one attached hydrogen (secondary N) is 1. The second-order valence-corrected chi connectivity index (χ2v) is 9.83. The zero-order valence-corrected chi connectivity index (χ0v) is 17.9. The van der Waals surface area contributed by atoms with Gasteiger partial charge in [0, 0.05) is 37.7 Å². The third-order valence-electron chi connectivity index (χ3n) is 3.95. The molecule has 1 aliphatic heterocycles. The van der Waals surface area contributed by atoms with Gasteiger partial charge >= 0.3 is 6.09 Å². The molecule has 1 aromatic heterocycles. The number of anilines is 2. The van der Waals surface area contributed by atoms with E-state index in [-0.39, 0.29) is 16.9 Å². The van der Waals surface area contributed by atoms with Gasteiger partial charge in [0.1, 0.15) is 11.4 Å². The molecule has 0 saturated carbocycles. The van der Waals surface area contributed by atoms with E-state index in [1.165, 1.54) is 12.1 Å². The molecule has 1 fully saturated rings. The first-order chi connectivity index (χ1) is 13.5. The first kappa shape index (κ1) is 21.2. The van der Waals surface area contributed by atoms with Crippen LogP contribution in [0.5, 0.6) is 0 Å². The topological polar surface area (TPSA) is 105 Å².